The average molecular weight is 828 g/mol. The van der Waals surface area contributed by atoms with Crippen LogP contribution in [-0.4, -0.2) is 65.7 Å². The number of nitrogens with zero attached hydrogens (tertiary/aromatic N) is 3. The summed E-state index contributed by atoms with van der Waals surface area (Å²) in [4.78, 5) is 67.0. The number of halogens is 1. The largest absolute Gasteiger partial charge is 0.489 e. The number of imide groups is 2. The number of hydrogen-bond acceptors (Lipinski definition) is 8. The molecule has 1 atom stereocenters. The van der Waals surface area contributed by atoms with Gasteiger partial charge in [0, 0.05) is 65.2 Å². The van der Waals surface area contributed by atoms with Gasteiger partial charge in [-0.05, 0) is 105 Å². The first-order chi connectivity index (χ1) is 28.6. The fourth-order valence-electron chi connectivity index (χ4n) is 10.4. The van der Waals surface area contributed by atoms with Crippen LogP contribution >= 0.6 is 11.6 Å². The van der Waals surface area contributed by atoms with Crippen molar-refractivity contribution < 1.29 is 28.7 Å². The van der Waals surface area contributed by atoms with E-state index in [0.717, 1.165) is 48.5 Å². The average Bonchev–Trinajstić information content (AvgIpc) is 3.45. The predicted octanol–water partition coefficient (Wildman–Crippen LogP) is 7.30. The van der Waals surface area contributed by atoms with Crippen molar-refractivity contribution in [2.45, 2.75) is 97.2 Å². The molecule has 5 aliphatic rings. The zero-order chi connectivity index (χ0) is 42.5. The standard InChI is InChI=1S/C48H50ClN5O6/c1-47(2)45(48(3,4)46(47)60-35-19-17-33(25-50)38(49)24-35)52-41(56)32-15-13-30(14-16-32)10-9-28-5-7-29(8-6-28)11-12-31-26-53(27-31)34-18-20-36-37(23-34)44(59)54(43(36)58)39-21-22-40(55)51-42(39)57/h13-20,23-24,28-29,31,39,45-46H,5-8,11-12,21-22,26-27H2,1-4H3,(H,52,56)(H,51,55,57)/t28?,29?,39?,45-,46-. The van der Waals surface area contributed by atoms with Gasteiger partial charge in [0.05, 0.1) is 21.7 Å². The number of rotatable bonds is 9. The van der Waals surface area contributed by atoms with Gasteiger partial charge in [-0.3, -0.25) is 34.2 Å². The Morgan fingerprint density at radius 3 is 2.22 bits per heavy atom. The lowest BCUT2D eigenvalue weighted by Crippen LogP contribution is -2.74. The summed E-state index contributed by atoms with van der Waals surface area (Å²) in [5, 5.41) is 15.1. The summed E-state index contributed by atoms with van der Waals surface area (Å²) >= 11 is 6.24. The molecule has 8 rings (SSSR count). The summed E-state index contributed by atoms with van der Waals surface area (Å²) in [6, 6.07) is 18.9. The molecule has 3 aromatic rings. The Hall–Kier alpha value is -5.65. The fraction of sp³-hybridized carbons (Fsp3) is 0.458. The van der Waals surface area contributed by atoms with Crippen LogP contribution in [0.3, 0.4) is 0 Å². The molecular weight excluding hydrogens is 778 g/mol. The highest BCUT2D eigenvalue weighted by molar-refractivity contribution is 6.31. The molecule has 11 nitrogen and oxygen atoms in total. The van der Waals surface area contributed by atoms with E-state index in [9.17, 15) is 29.2 Å². The molecule has 4 fully saturated rings. The highest BCUT2D eigenvalue weighted by Gasteiger charge is 2.64. The summed E-state index contributed by atoms with van der Waals surface area (Å²) in [7, 11) is 0. The Kier molecular flexibility index (Phi) is 11.0. The van der Waals surface area contributed by atoms with Gasteiger partial charge in [-0.1, -0.05) is 57.6 Å². The SMILES string of the molecule is CC1(C)[C@H](NC(=O)c2ccc(C#CC3CCC(CCC4CN(c5ccc6c(c5)C(=O)N(C5CCC(=O)NC5=O)C6=O)C4)CC3)cc2)C(C)(C)[C@H]1Oc1ccc(C#N)c(Cl)c1. The van der Waals surface area contributed by atoms with E-state index in [0.29, 0.717) is 50.8 Å². The van der Waals surface area contributed by atoms with Crippen LogP contribution in [0, 0.1) is 51.8 Å². The van der Waals surface area contributed by atoms with Gasteiger partial charge in [0.15, 0.2) is 0 Å². The van der Waals surface area contributed by atoms with Crippen LogP contribution in [0.15, 0.2) is 60.7 Å². The lowest BCUT2D eigenvalue weighted by atomic mass is 9.49. The number of fused-ring (bicyclic) bond motifs is 1. The Labute approximate surface area is 356 Å². The molecule has 0 bridgehead atoms. The number of benzene rings is 3. The smallest absolute Gasteiger partial charge is 0.262 e. The lowest BCUT2D eigenvalue weighted by molar-refractivity contribution is -0.164. The normalized spacial score (nSPS) is 25.5. The second kappa shape index (κ2) is 16.1. The second-order valence-electron chi connectivity index (χ2n) is 18.4. The second-order valence-corrected chi connectivity index (χ2v) is 18.8. The number of hydrogen-bond donors (Lipinski definition) is 2. The van der Waals surface area contributed by atoms with Crippen LogP contribution in [-0.2, 0) is 9.59 Å². The molecule has 310 valence electrons. The van der Waals surface area contributed by atoms with E-state index in [4.69, 9.17) is 16.3 Å². The number of nitriles is 1. The number of carbonyl (C=O) groups is 5. The van der Waals surface area contributed by atoms with Gasteiger partial charge in [0.1, 0.15) is 24.0 Å². The molecule has 5 amide bonds. The molecule has 2 N–H and O–H groups in total. The molecule has 1 unspecified atom stereocenters. The van der Waals surface area contributed by atoms with Crippen molar-refractivity contribution in [1.29, 1.82) is 5.26 Å². The number of piperidine rings is 1. The van der Waals surface area contributed by atoms with E-state index in [2.05, 4.69) is 61.1 Å². The topological polar surface area (TPSA) is 149 Å². The van der Waals surface area contributed by atoms with Gasteiger partial charge < -0.3 is 15.0 Å². The first-order valence-electron chi connectivity index (χ1n) is 21.0. The maximum Gasteiger partial charge on any atom is 0.262 e. The molecule has 0 aromatic heterocycles. The van der Waals surface area contributed by atoms with Crippen LogP contribution in [0.5, 0.6) is 5.75 Å². The highest BCUT2D eigenvalue weighted by Crippen LogP contribution is 2.55. The van der Waals surface area contributed by atoms with E-state index >= 15 is 0 Å². The van der Waals surface area contributed by atoms with Gasteiger partial charge in [-0.25, -0.2) is 0 Å². The molecule has 0 spiro atoms. The monoisotopic (exact) mass is 827 g/mol. The minimum absolute atomic E-state index is 0.0963. The first kappa shape index (κ1) is 41.1. The molecule has 60 heavy (non-hydrogen) atoms. The van der Waals surface area contributed by atoms with Crippen molar-refractivity contribution in [2.75, 3.05) is 18.0 Å². The Morgan fingerprint density at radius 2 is 1.55 bits per heavy atom. The van der Waals surface area contributed by atoms with Crippen LogP contribution in [0.1, 0.15) is 121 Å². The van der Waals surface area contributed by atoms with Crippen LogP contribution < -0.4 is 20.3 Å². The fourth-order valence-corrected chi connectivity index (χ4v) is 10.6. The maximum atomic E-state index is 13.4. The molecule has 2 saturated heterocycles. The minimum Gasteiger partial charge on any atom is -0.489 e. The Morgan fingerprint density at radius 1 is 0.867 bits per heavy atom. The zero-order valence-corrected chi connectivity index (χ0v) is 35.2. The molecule has 2 saturated carbocycles. The summed E-state index contributed by atoms with van der Waals surface area (Å²) in [5.41, 5.74) is 2.70. The third-order valence-electron chi connectivity index (χ3n) is 13.6. The summed E-state index contributed by atoms with van der Waals surface area (Å²) in [6.07, 6.45) is 6.91. The predicted molar refractivity (Wildman–Crippen MR) is 226 cm³/mol. The van der Waals surface area contributed by atoms with E-state index < -0.39 is 23.8 Å². The number of carbonyl (C=O) groups excluding carboxylic acids is 5. The van der Waals surface area contributed by atoms with E-state index in [1.165, 1.54) is 19.3 Å². The van der Waals surface area contributed by atoms with Crippen molar-refractivity contribution in [3.63, 3.8) is 0 Å². The molecule has 3 aromatic carbocycles. The first-order valence-corrected chi connectivity index (χ1v) is 21.4. The lowest BCUT2D eigenvalue weighted by Gasteiger charge is -2.63. The van der Waals surface area contributed by atoms with E-state index in [1.54, 1.807) is 30.3 Å². The van der Waals surface area contributed by atoms with Gasteiger partial charge in [-0.2, -0.15) is 5.26 Å². The van der Waals surface area contributed by atoms with Crippen molar-refractivity contribution in [1.82, 2.24) is 15.5 Å². The summed E-state index contributed by atoms with van der Waals surface area (Å²) < 4.78 is 6.37. The minimum atomic E-state index is -0.964. The molecule has 0 radical (unpaired) electrons. The number of anilines is 1. The van der Waals surface area contributed by atoms with Crippen molar-refractivity contribution in [3.05, 3.63) is 93.5 Å². The van der Waals surface area contributed by atoms with Gasteiger partial charge in [0.25, 0.3) is 17.7 Å². The molecular formula is C48H50ClN5O6. The quantitative estimate of drug-likeness (QED) is 0.169. The van der Waals surface area contributed by atoms with Gasteiger partial charge >= 0.3 is 0 Å². The van der Waals surface area contributed by atoms with Gasteiger partial charge in [-0.15, -0.1) is 0 Å². The van der Waals surface area contributed by atoms with E-state index in [-0.39, 0.29) is 47.6 Å². The van der Waals surface area contributed by atoms with Crippen molar-refractivity contribution >= 4 is 46.8 Å². The number of amides is 5. The molecule has 3 aliphatic heterocycles. The third-order valence-corrected chi connectivity index (χ3v) is 13.9. The van der Waals surface area contributed by atoms with Crippen LogP contribution in [0.25, 0.3) is 0 Å². The summed E-state index contributed by atoms with van der Waals surface area (Å²) in [6.45, 7) is 10.2. The highest BCUT2D eigenvalue weighted by atomic mass is 35.5. The third kappa shape index (κ3) is 7.76. The molecule has 3 heterocycles. The zero-order valence-electron chi connectivity index (χ0n) is 34.5. The molecule has 12 heteroatoms. The van der Waals surface area contributed by atoms with Gasteiger partial charge in [0.2, 0.25) is 11.8 Å². The van der Waals surface area contributed by atoms with Crippen molar-refractivity contribution in [2.24, 2.45) is 28.6 Å². The Bertz CT molecular complexity index is 2340. The van der Waals surface area contributed by atoms with Crippen LogP contribution in [0.4, 0.5) is 5.69 Å². The summed E-state index contributed by atoms with van der Waals surface area (Å²) in [5.74, 6) is 7.00. The number of ether oxygens (including phenoxy) is 1. The van der Waals surface area contributed by atoms with E-state index in [1.807, 2.05) is 30.3 Å². The van der Waals surface area contributed by atoms with Crippen molar-refractivity contribution in [3.8, 4) is 23.7 Å². The number of nitrogens with one attached hydrogen (secondary N) is 2. The Balaban J connectivity index is 0.760. The maximum absolute atomic E-state index is 13.4. The molecule has 2 aliphatic carbocycles. The van der Waals surface area contributed by atoms with Crippen LogP contribution in [0.2, 0.25) is 5.02 Å².